The van der Waals surface area contributed by atoms with Gasteiger partial charge in [0.1, 0.15) is 16.9 Å². The summed E-state index contributed by atoms with van der Waals surface area (Å²) in [7, 11) is 0. The maximum absolute atomic E-state index is 12.5. The number of aromatic amines is 1. The number of H-pyrrole nitrogens is 1. The minimum Gasteiger partial charge on any atom is -0.449 e. The van der Waals surface area contributed by atoms with Crippen molar-refractivity contribution in [1.82, 2.24) is 15.3 Å². The van der Waals surface area contributed by atoms with E-state index in [1.165, 1.54) is 0 Å². The highest BCUT2D eigenvalue weighted by atomic mass is 79.9. The molecule has 0 unspecified atom stereocenters. The first kappa shape index (κ1) is 18.4. The van der Waals surface area contributed by atoms with E-state index in [-0.39, 0.29) is 17.0 Å². The van der Waals surface area contributed by atoms with Crippen LogP contribution in [-0.2, 0) is 0 Å². The van der Waals surface area contributed by atoms with E-state index < -0.39 is 0 Å². The number of furan rings is 1. The Kier molecular flexibility index (Phi) is 4.77. The number of nitrogens with one attached hydrogen (secondary N) is 2. The minimum absolute atomic E-state index is 0.156. The summed E-state index contributed by atoms with van der Waals surface area (Å²) in [6.45, 7) is 4.67. The monoisotopic (exact) mass is 439 g/mol. The molecule has 0 aliphatic carbocycles. The molecule has 6 nitrogen and oxygen atoms in total. The molecule has 0 aliphatic heterocycles. The molecule has 0 atom stereocenters. The molecule has 0 bridgehead atoms. The van der Waals surface area contributed by atoms with E-state index in [1.54, 1.807) is 24.3 Å². The predicted molar refractivity (Wildman–Crippen MR) is 112 cm³/mol. The third-order valence-electron chi connectivity index (χ3n) is 4.35. The van der Waals surface area contributed by atoms with Crippen LogP contribution in [0.3, 0.4) is 0 Å². The molecule has 2 aromatic heterocycles. The SMILES string of the molecule is CC(C)CNC(=O)c1cccc(-c2nc3c(oc4ccc(Br)cc43)c(=O)[nH]2)c1. The number of hydrogen-bond donors (Lipinski definition) is 2. The summed E-state index contributed by atoms with van der Waals surface area (Å²) in [4.78, 5) is 32.3. The summed E-state index contributed by atoms with van der Waals surface area (Å²) in [6.07, 6.45) is 0. The van der Waals surface area contributed by atoms with Crippen LogP contribution in [0.5, 0.6) is 0 Å². The first-order chi connectivity index (χ1) is 13.4. The summed E-state index contributed by atoms with van der Waals surface area (Å²) < 4.78 is 6.52. The van der Waals surface area contributed by atoms with Crippen molar-refractivity contribution in [3.8, 4) is 11.4 Å². The van der Waals surface area contributed by atoms with Crippen molar-refractivity contribution in [2.45, 2.75) is 13.8 Å². The molecular weight excluding hydrogens is 422 g/mol. The predicted octanol–water partition coefficient (Wildman–Crippen LogP) is 4.48. The molecule has 0 saturated carbocycles. The van der Waals surface area contributed by atoms with Gasteiger partial charge in [-0.15, -0.1) is 0 Å². The van der Waals surface area contributed by atoms with Gasteiger partial charge in [0.05, 0.1) is 0 Å². The topological polar surface area (TPSA) is 88.0 Å². The Balaban J connectivity index is 1.80. The van der Waals surface area contributed by atoms with Gasteiger partial charge in [0.25, 0.3) is 11.5 Å². The van der Waals surface area contributed by atoms with Crippen LogP contribution in [0, 0.1) is 5.92 Å². The lowest BCUT2D eigenvalue weighted by atomic mass is 10.1. The van der Waals surface area contributed by atoms with Crippen LogP contribution in [0.4, 0.5) is 0 Å². The summed E-state index contributed by atoms with van der Waals surface area (Å²) in [5.41, 5.74) is 2.07. The standard InChI is InChI=1S/C21H18BrN3O3/c1-11(2)10-23-20(26)13-5-3-4-12(8-13)19-24-17-15-9-14(22)6-7-16(15)28-18(17)21(27)25-19/h3-9,11H,10H2,1-2H3,(H,23,26)(H,24,25,27). The number of hydrogen-bond acceptors (Lipinski definition) is 4. The van der Waals surface area contributed by atoms with Crippen molar-refractivity contribution in [2.75, 3.05) is 6.54 Å². The first-order valence-corrected chi connectivity index (χ1v) is 9.72. The Bertz CT molecular complexity index is 1260. The summed E-state index contributed by atoms with van der Waals surface area (Å²) in [6, 6.07) is 12.5. The quantitative estimate of drug-likeness (QED) is 0.490. The number of amides is 1. The summed E-state index contributed by atoms with van der Waals surface area (Å²) in [5.74, 6) is 0.594. The lowest BCUT2D eigenvalue weighted by molar-refractivity contribution is 0.0949. The van der Waals surface area contributed by atoms with E-state index in [4.69, 9.17) is 4.42 Å². The molecule has 0 fully saturated rings. The average Bonchev–Trinajstić information content (AvgIpc) is 3.04. The second kappa shape index (κ2) is 7.24. The van der Waals surface area contributed by atoms with Crippen molar-refractivity contribution in [3.63, 3.8) is 0 Å². The molecule has 7 heteroatoms. The van der Waals surface area contributed by atoms with E-state index >= 15 is 0 Å². The van der Waals surface area contributed by atoms with E-state index in [0.717, 1.165) is 9.86 Å². The number of halogens is 1. The smallest absolute Gasteiger partial charge is 0.294 e. The molecular formula is C21H18BrN3O3. The van der Waals surface area contributed by atoms with Crippen molar-refractivity contribution in [1.29, 1.82) is 0 Å². The van der Waals surface area contributed by atoms with Gasteiger partial charge in [-0.3, -0.25) is 9.59 Å². The number of fused-ring (bicyclic) bond motifs is 3. The molecule has 0 spiro atoms. The van der Waals surface area contributed by atoms with Gasteiger partial charge >= 0.3 is 0 Å². The number of aromatic nitrogens is 2. The van der Waals surface area contributed by atoms with Gasteiger partial charge in [0.2, 0.25) is 5.58 Å². The number of carbonyl (C=O) groups excluding carboxylic acids is 1. The normalized spacial score (nSPS) is 11.4. The lowest BCUT2D eigenvalue weighted by Gasteiger charge is -2.08. The third kappa shape index (κ3) is 3.45. The Labute approximate surface area is 169 Å². The molecule has 142 valence electrons. The van der Waals surface area contributed by atoms with Crippen LogP contribution >= 0.6 is 15.9 Å². The van der Waals surface area contributed by atoms with Crippen molar-refractivity contribution < 1.29 is 9.21 Å². The van der Waals surface area contributed by atoms with E-state index in [2.05, 4.69) is 31.2 Å². The van der Waals surface area contributed by atoms with E-state index in [1.807, 2.05) is 32.0 Å². The molecule has 0 saturated heterocycles. The van der Waals surface area contributed by atoms with Gasteiger partial charge in [0.15, 0.2) is 0 Å². The highest BCUT2D eigenvalue weighted by Gasteiger charge is 2.15. The lowest BCUT2D eigenvalue weighted by Crippen LogP contribution is -2.27. The molecule has 2 N–H and O–H groups in total. The maximum atomic E-state index is 12.5. The van der Waals surface area contributed by atoms with Gasteiger partial charge in [0, 0.05) is 27.5 Å². The van der Waals surface area contributed by atoms with Crippen LogP contribution < -0.4 is 10.9 Å². The zero-order valence-corrected chi connectivity index (χ0v) is 17.0. The molecule has 28 heavy (non-hydrogen) atoms. The highest BCUT2D eigenvalue weighted by Crippen LogP contribution is 2.29. The fraction of sp³-hybridized carbons (Fsp3) is 0.190. The Morgan fingerprint density at radius 3 is 2.86 bits per heavy atom. The Morgan fingerprint density at radius 1 is 1.25 bits per heavy atom. The van der Waals surface area contributed by atoms with Crippen molar-refractivity contribution in [2.24, 2.45) is 5.92 Å². The van der Waals surface area contributed by atoms with Crippen molar-refractivity contribution >= 4 is 43.9 Å². The van der Waals surface area contributed by atoms with Crippen LogP contribution in [0.15, 0.2) is 56.1 Å². The Hall–Kier alpha value is -2.93. The number of rotatable bonds is 4. The fourth-order valence-corrected chi connectivity index (χ4v) is 3.33. The molecule has 4 aromatic rings. The number of benzene rings is 2. The van der Waals surface area contributed by atoms with Crippen molar-refractivity contribution in [3.05, 3.63) is 62.9 Å². The molecule has 4 rings (SSSR count). The van der Waals surface area contributed by atoms with Gasteiger partial charge in [-0.05, 0) is 36.2 Å². The molecule has 2 aromatic carbocycles. The maximum Gasteiger partial charge on any atom is 0.294 e. The molecule has 2 heterocycles. The Morgan fingerprint density at radius 2 is 2.07 bits per heavy atom. The van der Waals surface area contributed by atoms with Crippen LogP contribution in [0.2, 0.25) is 0 Å². The van der Waals surface area contributed by atoms with E-state index in [0.29, 0.717) is 40.5 Å². The van der Waals surface area contributed by atoms with Gasteiger partial charge in [-0.2, -0.15) is 0 Å². The minimum atomic E-state index is -0.359. The largest absolute Gasteiger partial charge is 0.449 e. The zero-order chi connectivity index (χ0) is 19.8. The van der Waals surface area contributed by atoms with Gasteiger partial charge in [-0.1, -0.05) is 41.9 Å². The molecule has 1 amide bonds. The number of nitrogens with zero attached hydrogens (tertiary/aromatic N) is 1. The molecule has 0 radical (unpaired) electrons. The third-order valence-corrected chi connectivity index (χ3v) is 4.85. The summed E-state index contributed by atoms with van der Waals surface area (Å²) >= 11 is 3.44. The van der Waals surface area contributed by atoms with Crippen LogP contribution in [-0.4, -0.2) is 22.4 Å². The first-order valence-electron chi connectivity index (χ1n) is 8.93. The van der Waals surface area contributed by atoms with Gasteiger partial charge < -0.3 is 14.7 Å². The second-order valence-corrected chi connectivity index (χ2v) is 7.94. The average molecular weight is 440 g/mol. The number of carbonyl (C=O) groups is 1. The van der Waals surface area contributed by atoms with E-state index in [9.17, 15) is 9.59 Å². The summed E-state index contributed by atoms with van der Waals surface area (Å²) in [5, 5.41) is 3.65. The van der Waals surface area contributed by atoms with Crippen LogP contribution in [0.25, 0.3) is 33.5 Å². The van der Waals surface area contributed by atoms with Gasteiger partial charge in [-0.25, -0.2) is 4.98 Å². The zero-order valence-electron chi connectivity index (χ0n) is 15.4. The van der Waals surface area contributed by atoms with Crippen LogP contribution in [0.1, 0.15) is 24.2 Å². The molecule has 0 aliphatic rings. The highest BCUT2D eigenvalue weighted by molar-refractivity contribution is 9.10. The fourth-order valence-electron chi connectivity index (χ4n) is 2.97. The second-order valence-electron chi connectivity index (χ2n) is 7.02.